The minimum absolute atomic E-state index is 0.0273. The highest BCUT2D eigenvalue weighted by atomic mass is 35.5. The summed E-state index contributed by atoms with van der Waals surface area (Å²) in [5.74, 6) is 0.515. The zero-order valence-corrected chi connectivity index (χ0v) is 20.8. The molecule has 0 amide bonds. The fraction of sp³-hybridized carbons (Fsp3) is 0.269. The summed E-state index contributed by atoms with van der Waals surface area (Å²) in [6.07, 6.45) is 3.24. The van der Waals surface area contributed by atoms with Crippen LogP contribution >= 0.6 is 34.7 Å². The summed E-state index contributed by atoms with van der Waals surface area (Å²) < 4.78 is 1.68. The molecule has 1 atom stereocenters. The molecule has 0 radical (unpaired) electrons. The molecule has 1 aliphatic carbocycles. The van der Waals surface area contributed by atoms with Gasteiger partial charge in [0.1, 0.15) is 4.83 Å². The van der Waals surface area contributed by atoms with E-state index in [1.807, 2.05) is 31.2 Å². The SMILES string of the molecule is Cc1ccc(-n2c(SCC(=O)c3ccc(Cl)cc3)nc3sc4c(c3c2=O)C(C)CCC4)cc1. The van der Waals surface area contributed by atoms with Gasteiger partial charge in [0.2, 0.25) is 0 Å². The number of ketones is 1. The Balaban J connectivity index is 1.61. The zero-order chi connectivity index (χ0) is 23.1. The lowest BCUT2D eigenvalue weighted by molar-refractivity contribution is 0.102. The Labute approximate surface area is 205 Å². The van der Waals surface area contributed by atoms with Crippen LogP contribution in [0.1, 0.15) is 52.0 Å². The number of aromatic nitrogens is 2. The second kappa shape index (κ2) is 9.09. The van der Waals surface area contributed by atoms with Crippen molar-refractivity contribution in [2.24, 2.45) is 0 Å². The van der Waals surface area contributed by atoms with E-state index < -0.39 is 0 Å². The molecule has 0 N–H and O–H groups in total. The fourth-order valence-corrected chi connectivity index (χ4v) is 6.79. The quantitative estimate of drug-likeness (QED) is 0.173. The summed E-state index contributed by atoms with van der Waals surface area (Å²) in [5, 5.41) is 1.89. The van der Waals surface area contributed by atoms with Gasteiger partial charge >= 0.3 is 0 Å². The third-order valence-corrected chi connectivity index (χ3v) is 8.48. The average Bonchev–Trinajstić information content (AvgIpc) is 3.19. The van der Waals surface area contributed by atoms with Crippen molar-refractivity contribution in [3.05, 3.63) is 85.5 Å². The van der Waals surface area contributed by atoms with Crippen LogP contribution in [0.2, 0.25) is 5.02 Å². The van der Waals surface area contributed by atoms with Crippen LogP contribution in [0, 0.1) is 6.92 Å². The van der Waals surface area contributed by atoms with Gasteiger partial charge in [0.15, 0.2) is 10.9 Å². The number of hydrogen-bond acceptors (Lipinski definition) is 5. The van der Waals surface area contributed by atoms with Crippen LogP contribution in [-0.2, 0) is 6.42 Å². The first-order chi connectivity index (χ1) is 15.9. The second-order valence-electron chi connectivity index (χ2n) is 8.50. The maximum Gasteiger partial charge on any atom is 0.267 e. The first-order valence-corrected chi connectivity index (χ1v) is 13.2. The van der Waals surface area contributed by atoms with E-state index in [0.29, 0.717) is 21.7 Å². The van der Waals surface area contributed by atoms with Crippen molar-refractivity contribution >= 4 is 50.7 Å². The first kappa shape index (κ1) is 22.4. The van der Waals surface area contributed by atoms with E-state index in [1.54, 1.807) is 40.2 Å². The number of carbonyl (C=O) groups is 1. The van der Waals surface area contributed by atoms with Crippen molar-refractivity contribution in [1.29, 1.82) is 0 Å². The Kier molecular flexibility index (Phi) is 6.16. The molecule has 1 unspecified atom stereocenters. The molecule has 2 aromatic heterocycles. The van der Waals surface area contributed by atoms with Gasteiger partial charge in [-0.3, -0.25) is 14.2 Å². The number of hydrogen-bond donors (Lipinski definition) is 0. The number of benzene rings is 2. The Bertz CT molecular complexity index is 1410. The van der Waals surface area contributed by atoms with Gasteiger partial charge in [-0.1, -0.05) is 48.0 Å². The first-order valence-electron chi connectivity index (χ1n) is 11.0. The van der Waals surface area contributed by atoms with Crippen LogP contribution in [0.15, 0.2) is 58.5 Å². The lowest BCUT2D eigenvalue weighted by Gasteiger charge is -2.19. The number of thioether (sulfide) groups is 1. The molecule has 5 rings (SSSR count). The van der Waals surface area contributed by atoms with Gasteiger partial charge in [-0.2, -0.15) is 0 Å². The van der Waals surface area contributed by atoms with E-state index in [1.165, 1.54) is 22.2 Å². The van der Waals surface area contributed by atoms with E-state index in [-0.39, 0.29) is 17.1 Å². The summed E-state index contributed by atoms with van der Waals surface area (Å²) in [6.45, 7) is 4.22. The van der Waals surface area contributed by atoms with Crippen molar-refractivity contribution < 1.29 is 4.79 Å². The maximum atomic E-state index is 13.9. The predicted octanol–water partition coefficient (Wildman–Crippen LogP) is 6.82. The average molecular weight is 495 g/mol. The van der Waals surface area contributed by atoms with Gasteiger partial charge < -0.3 is 0 Å². The van der Waals surface area contributed by atoms with Gasteiger partial charge in [-0.05, 0) is 74.1 Å². The molecule has 4 nitrogen and oxygen atoms in total. The molecule has 2 aromatic carbocycles. The minimum Gasteiger partial charge on any atom is -0.293 e. The van der Waals surface area contributed by atoms with Crippen molar-refractivity contribution in [1.82, 2.24) is 9.55 Å². The fourth-order valence-electron chi connectivity index (χ4n) is 4.39. The Morgan fingerprint density at radius 2 is 1.91 bits per heavy atom. The van der Waals surface area contributed by atoms with Gasteiger partial charge in [-0.25, -0.2) is 4.98 Å². The molecule has 0 saturated carbocycles. The third-order valence-electron chi connectivity index (χ3n) is 6.13. The van der Waals surface area contributed by atoms with Crippen LogP contribution in [-0.4, -0.2) is 21.1 Å². The summed E-state index contributed by atoms with van der Waals surface area (Å²) in [4.78, 5) is 33.7. The predicted molar refractivity (Wildman–Crippen MR) is 138 cm³/mol. The van der Waals surface area contributed by atoms with Gasteiger partial charge in [-0.15, -0.1) is 11.3 Å². The lowest BCUT2D eigenvalue weighted by atomic mass is 9.88. The van der Waals surface area contributed by atoms with E-state index >= 15 is 0 Å². The number of halogens is 1. The highest BCUT2D eigenvalue weighted by Gasteiger charge is 2.27. The molecule has 2 heterocycles. The Morgan fingerprint density at radius 3 is 2.64 bits per heavy atom. The van der Waals surface area contributed by atoms with Crippen LogP contribution in [0.5, 0.6) is 0 Å². The lowest BCUT2D eigenvalue weighted by Crippen LogP contribution is -2.23. The molecule has 0 saturated heterocycles. The van der Waals surface area contributed by atoms with Crippen molar-refractivity contribution in [2.75, 3.05) is 5.75 Å². The molecule has 0 bridgehead atoms. The Hall–Kier alpha value is -2.41. The van der Waals surface area contributed by atoms with Crippen LogP contribution in [0.4, 0.5) is 0 Å². The highest BCUT2D eigenvalue weighted by molar-refractivity contribution is 7.99. The van der Waals surface area contributed by atoms with Gasteiger partial charge in [0, 0.05) is 15.5 Å². The number of Topliss-reactive ketones (excluding diaryl/α,β-unsaturated/α-hetero) is 1. The van der Waals surface area contributed by atoms with Crippen molar-refractivity contribution in [3.8, 4) is 5.69 Å². The van der Waals surface area contributed by atoms with Crippen LogP contribution in [0.3, 0.4) is 0 Å². The normalized spacial score (nSPS) is 15.5. The molecular weight excluding hydrogens is 472 g/mol. The second-order valence-corrected chi connectivity index (χ2v) is 11.0. The molecule has 0 fully saturated rings. The minimum atomic E-state index is -0.0449. The monoisotopic (exact) mass is 494 g/mol. The number of nitrogens with zero attached hydrogens (tertiary/aromatic N) is 2. The molecule has 0 aliphatic heterocycles. The van der Waals surface area contributed by atoms with Gasteiger partial charge in [0.25, 0.3) is 5.56 Å². The standard InChI is InChI=1S/C26H23ClN2O2S2/c1-15-6-12-19(13-7-15)29-25(31)23-22-16(2)4-3-5-21(22)33-24(23)28-26(29)32-14-20(30)17-8-10-18(27)11-9-17/h6-13,16H,3-5,14H2,1-2H3. The molecule has 33 heavy (non-hydrogen) atoms. The van der Waals surface area contributed by atoms with E-state index in [9.17, 15) is 9.59 Å². The third kappa shape index (κ3) is 4.27. The zero-order valence-electron chi connectivity index (χ0n) is 18.4. The van der Waals surface area contributed by atoms with Crippen LogP contribution < -0.4 is 5.56 Å². The summed E-state index contributed by atoms with van der Waals surface area (Å²) in [6, 6.07) is 14.7. The number of carbonyl (C=O) groups excluding carboxylic acids is 1. The van der Waals surface area contributed by atoms with Crippen molar-refractivity contribution in [2.45, 2.75) is 44.2 Å². The number of thiophene rings is 1. The highest BCUT2D eigenvalue weighted by Crippen LogP contribution is 2.41. The summed E-state index contributed by atoms with van der Waals surface area (Å²) in [5.41, 5.74) is 3.61. The Morgan fingerprint density at radius 1 is 1.18 bits per heavy atom. The topological polar surface area (TPSA) is 52.0 Å². The number of fused-ring (bicyclic) bond motifs is 3. The number of rotatable bonds is 5. The van der Waals surface area contributed by atoms with E-state index in [0.717, 1.165) is 40.7 Å². The molecular formula is C26H23ClN2O2S2. The maximum absolute atomic E-state index is 13.9. The smallest absolute Gasteiger partial charge is 0.267 e. The number of aryl methyl sites for hydroxylation is 2. The van der Waals surface area contributed by atoms with Gasteiger partial charge in [0.05, 0.1) is 16.8 Å². The van der Waals surface area contributed by atoms with Crippen molar-refractivity contribution in [3.63, 3.8) is 0 Å². The van der Waals surface area contributed by atoms with E-state index in [4.69, 9.17) is 16.6 Å². The molecule has 1 aliphatic rings. The molecule has 7 heteroatoms. The summed E-state index contributed by atoms with van der Waals surface area (Å²) in [7, 11) is 0. The van der Waals surface area contributed by atoms with E-state index in [2.05, 4.69) is 6.92 Å². The van der Waals surface area contributed by atoms with Crippen LogP contribution in [0.25, 0.3) is 15.9 Å². The molecule has 0 spiro atoms. The molecule has 168 valence electrons. The largest absolute Gasteiger partial charge is 0.293 e. The molecule has 4 aromatic rings. The summed E-state index contributed by atoms with van der Waals surface area (Å²) >= 11 is 8.89.